The Labute approximate surface area is 127 Å². The fourth-order valence-electron chi connectivity index (χ4n) is 2.19. The maximum Gasteiger partial charge on any atom is 0.254 e. The highest BCUT2D eigenvalue weighted by molar-refractivity contribution is 8.13. The molecule has 0 aliphatic rings. The highest BCUT2D eigenvalue weighted by Crippen LogP contribution is 2.42. The number of carbonyl (C=O) groups is 1. The van der Waals surface area contributed by atoms with Crippen LogP contribution in [0.3, 0.4) is 0 Å². The number of thioether (sulfide) groups is 1. The molecule has 0 amide bonds. The van der Waals surface area contributed by atoms with E-state index in [9.17, 15) is 14.9 Å². The first-order valence-electron chi connectivity index (χ1n) is 6.50. The summed E-state index contributed by atoms with van der Waals surface area (Å²) in [5.74, 6) is 0. The zero-order valence-corrected chi connectivity index (χ0v) is 12.3. The maximum atomic E-state index is 11.6. The molecular weight excluding hydrogens is 286 g/mol. The Hall–Kier alpha value is -2.14. The van der Waals surface area contributed by atoms with Crippen LogP contribution in [0.5, 0.6) is 0 Å². The van der Waals surface area contributed by atoms with Gasteiger partial charge in [0, 0.05) is 17.4 Å². The molecule has 2 rings (SSSR count). The number of benzene rings is 2. The van der Waals surface area contributed by atoms with Crippen molar-refractivity contribution in [2.24, 2.45) is 0 Å². The average Bonchev–Trinajstić information content (AvgIpc) is 2.48. The number of nitro groups is 1. The molecule has 0 spiro atoms. The zero-order chi connectivity index (χ0) is 15.2. The van der Waals surface area contributed by atoms with Gasteiger partial charge in [0.15, 0.2) is 5.12 Å². The third-order valence-corrected chi connectivity index (χ3v) is 4.19. The Morgan fingerprint density at radius 3 is 1.90 bits per heavy atom. The molecule has 0 aliphatic heterocycles. The molecule has 2 aromatic rings. The van der Waals surface area contributed by atoms with Crippen molar-refractivity contribution in [1.82, 2.24) is 0 Å². The Balaban J connectivity index is 2.46. The van der Waals surface area contributed by atoms with E-state index in [1.807, 2.05) is 36.4 Å². The largest absolute Gasteiger partial charge is 0.288 e. The van der Waals surface area contributed by atoms with E-state index < -0.39 is 11.3 Å². The molecule has 0 aliphatic carbocycles. The first-order valence-corrected chi connectivity index (χ1v) is 7.38. The van der Waals surface area contributed by atoms with Crippen molar-refractivity contribution < 1.29 is 9.72 Å². The maximum absolute atomic E-state index is 11.6. The van der Waals surface area contributed by atoms with E-state index in [1.165, 1.54) is 6.92 Å². The number of carbonyl (C=O) groups excluding carboxylic acids is 1. The molecule has 0 radical (unpaired) electrons. The topological polar surface area (TPSA) is 60.2 Å². The van der Waals surface area contributed by atoms with Gasteiger partial charge in [0.1, 0.15) is 5.25 Å². The van der Waals surface area contributed by atoms with Gasteiger partial charge in [-0.25, -0.2) is 0 Å². The van der Waals surface area contributed by atoms with Crippen LogP contribution in [0.25, 0.3) is 0 Å². The van der Waals surface area contributed by atoms with Crippen LogP contribution in [-0.4, -0.2) is 10.0 Å². The Bertz CT molecular complexity index is 616. The standard InChI is InChI=1S/C16H15NO3S/c1-12(18)21-16(14-10-6-3-7-11-14)15(17(19)20)13-8-4-2-5-9-13/h2-11,15-16H,1H3/t15-,16+/m1/s1. The van der Waals surface area contributed by atoms with Gasteiger partial charge in [-0.2, -0.15) is 0 Å². The van der Waals surface area contributed by atoms with E-state index in [2.05, 4.69) is 0 Å². The minimum atomic E-state index is -0.956. The van der Waals surface area contributed by atoms with Gasteiger partial charge in [-0.1, -0.05) is 72.4 Å². The molecule has 0 bridgehead atoms. The smallest absolute Gasteiger partial charge is 0.254 e. The van der Waals surface area contributed by atoms with Crippen molar-refractivity contribution in [1.29, 1.82) is 0 Å². The number of nitrogens with zero attached hydrogens (tertiary/aromatic N) is 1. The van der Waals surface area contributed by atoms with Crippen molar-refractivity contribution in [2.75, 3.05) is 0 Å². The Morgan fingerprint density at radius 1 is 1.00 bits per heavy atom. The summed E-state index contributed by atoms with van der Waals surface area (Å²) in [6.45, 7) is 1.43. The molecule has 0 unspecified atom stereocenters. The van der Waals surface area contributed by atoms with Crippen molar-refractivity contribution in [2.45, 2.75) is 18.2 Å². The lowest BCUT2D eigenvalue weighted by atomic mass is 9.99. The van der Waals surface area contributed by atoms with Crippen molar-refractivity contribution in [3.05, 3.63) is 81.9 Å². The molecule has 2 aromatic carbocycles. The van der Waals surface area contributed by atoms with Crippen LogP contribution in [0.1, 0.15) is 29.3 Å². The quantitative estimate of drug-likeness (QED) is 0.618. The normalized spacial score (nSPS) is 13.4. The lowest BCUT2D eigenvalue weighted by Crippen LogP contribution is -2.18. The van der Waals surface area contributed by atoms with Gasteiger partial charge >= 0.3 is 0 Å². The minimum Gasteiger partial charge on any atom is -0.288 e. The molecule has 4 nitrogen and oxygen atoms in total. The van der Waals surface area contributed by atoms with Crippen LogP contribution in [0.2, 0.25) is 0 Å². The van der Waals surface area contributed by atoms with Gasteiger partial charge in [0.05, 0.1) is 0 Å². The molecule has 108 valence electrons. The lowest BCUT2D eigenvalue weighted by molar-refractivity contribution is -0.529. The van der Waals surface area contributed by atoms with Gasteiger partial charge in [0.2, 0.25) is 0 Å². The number of hydrogen-bond acceptors (Lipinski definition) is 4. The molecule has 0 saturated heterocycles. The zero-order valence-electron chi connectivity index (χ0n) is 11.5. The van der Waals surface area contributed by atoms with Crippen LogP contribution in [0.15, 0.2) is 60.7 Å². The Kier molecular flexibility index (Phi) is 5.11. The van der Waals surface area contributed by atoms with Crippen LogP contribution >= 0.6 is 11.8 Å². The van der Waals surface area contributed by atoms with Crippen molar-refractivity contribution in [3.63, 3.8) is 0 Å². The van der Waals surface area contributed by atoms with Gasteiger partial charge < -0.3 is 0 Å². The summed E-state index contributed by atoms with van der Waals surface area (Å²) in [6.07, 6.45) is 0. The monoisotopic (exact) mass is 301 g/mol. The van der Waals surface area contributed by atoms with Gasteiger partial charge in [-0.05, 0) is 5.56 Å². The fraction of sp³-hybridized carbons (Fsp3) is 0.188. The van der Waals surface area contributed by atoms with Crippen molar-refractivity contribution >= 4 is 16.9 Å². The van der Waals surface area contributed by atoms with Crippen LogP contribution in [0, 0.1) is 10.1 Å². The van der Waals surface area contributed by atoms with Gasteiger partial charge in [-0.15, -0.1) is 0 Å². The summed E-state index contributed by atoms with van der Waals surface area (Å²) in [4.78, 5) is 22.8. The SMILES string of the molecule is CC(=O)S[C@@H](c1ccccc1)[C@@H](c1ccccc1)[N+](=O)[O-]. The van der Waals surface area contributed by atoms with E-state index >= 15 is 0 Å². The van der Waals surface area contributed by atoms with Crippen LogP contribution in [-0.2, 0) is 4.79 Å². The second-order valence-corrected chi connectivity index (χ2v) is 5.90. The van der Waals surface area contributed by atoms with Crippen LogP contribution < -0.4 is 0 Å². The lowest BCUT2D eigenvalue weighted by Gasteiger charge is -2.20. The van der Waals surface area contributed by atoms with Crippen LogP contribution in [0.4, 0.5) is 0 Å². The molecule has 0 N–H and O–H groups in total. The molecular formula is C16H15NO3S. The number of hydrogen-bond donors (Lipinski definition) is 0. The molecule has 0 saturated carbocycles. The van der Waals surface area contributed by atoms with E-state index in [4.69, 9.17) is 0 Å². The second kappa shape index (κ2) is 7.04. The van der Waals surface area contributed by atoms with E-state index in [-0.39, 0.29) is 10.0 Å². The molecule has 0 fully saturated rings. The molecule has 2 atom stereocenters. The predicted octanol–water partition coefficient (Wildman–Crippen LogP) is 4.03. The highest BCUT2D eigenvalue weighted by Gasteiger charge is 2.35. The van der Waals surface area contributed by atoms with E-state index in [0.717, 1.165) is 17.3 Å². The van der Waals surface area contributed by atoms with E-state index in [1.54, 1.807) is 24.3 Å². The van der Waals surface area contributed by atoms with Gasteiger partial charge in [-0.3, -0.25) is 14.9 Å². The average molecular weight is 301 g/mol. The van der Waals surface area contributed by atoms with Crippen molar-refractivity contribution in [3.8, 4) is 0 Å². The summed E-state index contributed by atoms with van der Waals surface area (Å²) >= 11 is 1.00. The van der Waals surface area contributed by atoms with Gasteiger partial charge in [0.25, 0.3) is 6.04 Å². The highest BCUT2D eigenvalue weighted by atomic mass is 32.2. The fourth-order valence-corrected chi connectivity index (χ4v) is 3.23. The summed E-state index contributed by atoms with van der Waals surface area (Å²) in [7, 11) is 0. The summed E-state index contributed by atoms with van der Waals surface area (Å²) < 4.78 is 0. The molecule has 0 heterocycles. The Morgan fingerprint density at radius 2 is 1.48 bits per heavy atom. The molecule has 5 heteroatoms. The summed E-state index contributed by atoms with van der Waals surface area (Å²) in [5, 5.41) is 10.9. The number of rotatable bonds is 5. The molecule has 21 heavy (non-hydrogen) atoms. The summed E-state index contributed by atoms with van der Waals surface area (Å²) in [6, 6.07) is 17.0. The minimum absolute atomic E-state index is 0.133. The van der Waals surface area contributed by atoms with E-state index in [0.29, 0.717) is 5.56 Å². The molecule has 0 aromatic heterocycles. The summed E-state index contributed by atoms with van der Waals surface area (Å²) in [5.41, 5.74) is 1.38. The first kappa shape index (κ1) is 15.3. The second-order valence-electron chi connectivity index (χ2n) is 4.58. The third-order valence-electron chi connectivity index (χ3n) is 3.08. The third kappa shape index (κ3) is 3.92. The predicted molar refractivity (Wildman–Crippen MR) is 83.6 cm³/mol. The first-order chi connectivity index (χ1) is 10.1.